The molecule has 1 unspecified atom stereocenters. The Morgan fingerprint density at radius 2 is 2.18 bits per heavy atom. The molecule has 1 amide bonds. The highest BCUT2D eigenvalue weighted by atomic mass is 16.5. The van der Waals surface area contributed by atoms with Gasteiger partial charge in [0.2, 0.25) is 0 Å². The molecule has 4 heteroatoms. The van der Waals surface area contributed by atoms with Crippen molar-refractivity contribution in [2.75, 3.05) is 18.2 Å². The van der Waals surface area contributed by atoms with Gasteiger partial charge >= 0.3 is 0 Å². The number of hydrogen-bond donors (Lipinski definition) is 2. The molecule has 0 spiro atoms. The number of amides is 1. The zero-order chi connectivity index (χ0) is 13.1. The number of nitrogen functional groups attached to an aromatic ring is 1. The van der Waals surface area contributed by atoms with E-state index in [1.807, 2.05) is 26.0 Å². The van der Waals surface area contributed by atoms with Crippen molar-refractivity contribution >= 4 is 17.3 Å². The Hall–Kier alpha value is -1.55. The molecule has 4 nitrogen and oxygen atoms in total. The smallest absolute Gasteiger partial charge is 0.256 e. The number of aryl methyl sites for hydroxylation is 1. The maximum atomic E-state index is 12.1. The first kappa shape index (κ1) is 13.5. The third-order valence-corrected chi connectivity index (χ3v) is 3.06. The number of methoxy groups -OCH3 is 1. The minimum Gasteiger partial charge on any atom is -0.397 e. The normalized spacial score (nSPS) is 14.1. The maximum absolute atomic E-state index is 12.1. The predicted octanol–water partition coefficient (Wildman–Crippen LogP) is 2.33. The van der Waals surface area contributed by atoms with E-state index in [0.717, 1.165) is 5.56 Å². The quantitative estimate of drug-likeness (QED) is 0.789. The molecule has 0 fully saturated rings. The molecule has 0 radical (unpaired) electrons. The fourth-order valence-corrected chi connectivity index (χ4v) is 1.43. The van der Waals surface area contributed by atoms with Crippen LogP contribution in [-0.2, 0) is 9.53 Å². The van der Waals surface area contributed by atoms with Gasteiger partial charge < -0.3 is 15.8 Å². The summed E-state index contributed by atoms with van der Waals surface area (Å²) >= 11 is 0. The van der Waals surface area contributed by atoms with Gasteiger partial charge in [0.25, 0.3) is 5.91 Å². The van der Waals surface area contributed by atoms with Crippen LogP contribution in [0.5, 0.6) is 0 Å². The van der Waals surface area contributed by atoms with Crippen LogP contribution in [0.3, 0.4) is 0 Å². The topological polar surface area (TPSA) is 64.3 Å². The van der Waals surface area contributed by atoms with Crippen molar-refractivity contribution in [3.63, 3.8) is 0 Å². The minimum absolute atomic E-state index is 0.181. The molecule has 1 aromatic rings. The molecule has 0 heterocycles. The Balaban J connectivity index is 2.91. The molecule has 0 saturated carbocycles. The van der Waals surface area contributed by atoms with Gasteiger partial charge in [-0.2, -0.15) is 0 Å². The summed E-state index contributed by atoms with van der Waals surface area (Å²) < 4.78 is 5.24. The van der Waals surface area contributed by atoms with Crippen LogP contribution >= 0.6 is 0 Å². The Morgan fingerprint density at radius 3 is 2.71 bits per heavy atom. The van der Waals surface area contributed by atoms with Gasteiger partial charge in [-0.25, -0.2) is 0 Å². The number of carbonyl (C=O) groups excluding carboxylic acids is 1. The average molecular weight is 236 g/mol. The zero-order valence-corrected chi connectivity index (χ0v) is 10.8. The summed E-state index contributed by atoms with van der Waals surface area (Å²) in [5.41, 5.74) is 7.22. The van der Waals surface area contributed by atoms with Crippen molar-refractivity contribution in [2.24, 2.45) is 0 Å². The average Bonchev–Trinajstić information content (AvgIpc) is 2.32. The first-order chi connectivity index (χ1) is 7.92. The Kier molecular flexibility index (Phi) is 4.12. The highest BCUT2D eigenvalue weighted by Crippen LogP contribution is 2.23. The second kappa shape index (κ2) is 5.19. The molecule has 0 bridgehead atoms. The van der Waals surface area contributed by atoms with Gasteiger partial charge in [0.1, 0.15) is 5.60 Å². The number of carbonyl (C=O) groups is 1. The molecule has 0 saturated heterocycles. The molecule has 0 aliphatic heterocycles. The fraction of sp³-hybridized carbons (Fsp3) is 0.462. The van der Waals surface area contributed by atoms with Crippen LogP contribution in [0, 0.1) is 6.92 Å². The third-order valence-electron chi connectivity index (χ3n) is 3.06. The van der Waals surface area contributed by atoms with Gasteiger partial charge in [-0.1, -0.05) is 13.0 Å². The Labute approximate surface area is 102 Å². The summed E-state index contributed by atoms with van der Waals surface area (Å²) in [6.45, 7) is 5.61. The molecule has 0 aliphatic carbocycles. The van der Waals surface area contributed by atoms with Crippen LogP contribution in [0.25, 0.3) is 0 Å². The lowest BCUT2D eigenvalue weighted by molar-refractivity contribution is -0.136. The Morgan fingerprint density at radius 1 is 1.53 bits per heavy atom. The van der Waals surface area contributed by atoms with E-state index in [1.165, 1.54) is 7.11 Å². The van der Waals surface area contributed by atoms with E-state index in [1.54, 1.807) is 13.0 Å². The number of hydrogen-bond acceptors (Lipinski definition) is 3. The van der Waals surface area contributed by atoms with Crippen LogP contribution in [0.1, 0.15) is 25.8 Å². The van der Waals surface area contributed by atoms with Crippen LogP contribution < -0.4 is 11.1 Å². The summed E-state index contributed by atoms with van der Waals surface area (Å²) in [7, 11) is 1.53. The van der Waals surface area contributed by atoms with Crippen molar-refractivity contribution in [3.05, 3.63) is 23.8 Å². The molecule has 3 N–H and O–H groups in total. The second-order valence-corrected chi connectivity index (χ2v) is 4.33. The first-order valence-corrected chi connectivity index (χ1v) is 5.65. The molecular formula is C13H20N2O2. The SMILES string of the molecule is CCC(C)(OC)C(=O)Nc1cc(C)ccc1N. The number of nitrogens with two attached hydrogens (primary N) is 1. The molecule has 17 heavy (non-hydrogen) atoms. The van der Waals surface area contributed by atoms with Crippen molar-refractivity contribution in [1.82, 2.24) is 0 Å². The van der Waals surface area contributed by atoms with E-state index in [9.17, 15) is 4.79 Å². The van der Waals surface area contributed by atoms with Gasteiger partial charge in [0.15, 0.2) is 0 Å². The molecule has 0 aromatic heterocycles. The lowest BCUT2D eigenvalue weighted by atomic mass is 10.0. The Bertz CT molecular complexity index is 412. The van der Waals surface area contributed by atoms with E-state index in [2.05, 4.69) is 5.32 Å². The molecule has 1 rings (SSSR count). The summed E-state index contributed by atoms with van der Waals surface area (Å²) in [4.78, 5) is 12.1. The van der Waals surface area contributed by atoms with Gasteiger partial charge in [-0.3, -0.25) is 4.79 Å². The lowest BCUT2D eigenvalue weighted by Crippen LogP contribution is -2.41. The van der Waals surface area contributed by atoms with Crippen molar-refractivity contribution in [2.45, 2.75) is 32.8 Å². The zero-order valence-electron chi connectivity index (χ0n) is 10.8. The largest absolute Gasteiger partial charge is 0.397 e. The predicted molar refractivity (Wildman–Crippen MR) is 69.9 cm³/mol. The maximum Gasteiger partial charge on any atom is 0.256 e. The standard InChI is InChI=1S/C13H20N2O2/c1-5-13(3,17-4)12(16)15-11-8-9(2)6-7-10(11)14/h6-8H,5,14H2,1-4H3,(H,15,16). The highest BCUT2D eigenvalue weighted by molar-refractivity contribution is 5.99. The van der Waals surface area contributed by atoms with E-state index < -0.39 is 5.60 Å². The van der Waals surface area contributed by atoms with Crippen molar-refractivity contribution in [1.29, 1.82) is 0 Å². The monoisotopic (exact) mass is 236 g/mol. The van der Waals surface area contributed by atoms with E-state index in [4.69, 9.17) is 10.5 Å². The summed E-state index contributed by atoms with van der Waals surface area (Å²) in [5.74, 6) is -0.181. The number of rotatable bonds is 4. The second-order valence-electron chi connectivity index (χ2n) is 4.33. The minimum atomic E-state index is -0.823. The summed E-state index contributed by atoms with van der Waals surface area (Å²) in [6, 6.07) is 5.53. The van der Waals surface area contributed by atoms with Crippen LogP contribution in [0.15, 0.2) is 18.2 Å². The molecule has 1 atom stereocenters. The van der Waals surface area contributed by atoms with Crippen LogP contribution in [-0.4, -0.2) is 18.6 Å². The van der Waals surface area contributed by atoms with Gasteiger partial charge in [0.05, 0.1) is 11.4 Å². The molecule has 94 valence electrons. The molecular weight excluding hydrogens is 216 g/mol. The molecule has 1 aromatic carbocycles. The van der Waals surface area contributed by atoms with Crippen LogP contribution in [0.2, 0.25) is 0 Å². The highest BCUT2D eigenvalue weighted by Gasteiger charge is 2.31. The number of nitrogens with one attached hydrogen (secondary N) is 1. The number of anilines is 2. The van der Waals surface area contributed by atoms with E-state index in [0.29, 0.717) is 17.8 Å². The summed E-state index contributed by atoms with van der Waals surface area (Å²) in [6.07, 6.45) is 0.598. The number of ether oxygens (including phenoxy) is 1. The van der Waals surface area contributed by atoms with Crippen LogP contribution in [0.4, 0.5) is 11.4 Å². The van der Waals surface area contributed by atoms with Gasteiger partial charge in [-0.15, -0.1) is 0 Å². The fourth-order valence-electron chi connectivity index (χ4n) is 1.43. The van der Waals surface area contributed by atoms with E-state index in [-0.39, 0.29) is 5.91 Å². The van der Waals surface area contributed by atoms with Crippen molar-refractivity contribution in [3.8, 4) is 0 Å². The lowest BCUT2D eigenvalue weighted by Gasteiger charge is -2.25. The van der Waals surface area contributed by atoms with Crippen molar-refractivity contribution < 1.29 is 9.53 Å². The molecule has 0 aliphatic rings. The van der Waals surface area contributed by atoms with E-state index >= 15 is 0 Å². The van der Waals surface area contributed by atoms with Gasteiger partial charge in [0, 0.05) is 7.11 Å². The summed E-state index contributed by atoms with van der Waals surface area (Å²) in [5, 5.41) is 2.80. The third kappa shape index (κ3) is 2.97. The van der Waals surface area contributed by atoms with Gasteiger partial charge in [-0.05, 0) is 38.0 Å². The number of benzene rings is 1. The first-order valence-electron chi connectivity index (χ1n) is 5.65.